The van der Waals surface area contributed by atoms with Gasteiger partial charge in [-0.05, 0) is 38.5 Å². The number of allylic oxidation sites excluding steroid dienone is 2. The van der Waals surface area contributed by atoms with E-state index in [2.05, 4.69) is 0 Å². The number of piperazine rings is 1. The first-order chi connectivity index (χ1) is 13.3. The molecule has 0 atom stereocenters. The standard InChI is InChI=1S/C21H26N2O5/c1-21(2,3)28-20(25)23-12-10-22(11-13-23)19(24)7-5-4-6-16-8-9-17-18(14-16)27-15-26-17/h4-9,14H,10-13,15H2,1-3H3/b6-4+,7-5+. The highest BCUT2D eigenvalue weighted by Gasteiger charge is 2.26. The first-order valence-corrected chi connectivity index (χ1v) is 9.33. The number of carbonyl (C=O) groups is 2. The van der Waals surface area contributed by atoms with Crippen LogP contribution < -0.4 is 9.47 Å². The lowest BCUT2D eigenvalue weighted by molar-refractivity contribution is -0.127. The molecule has 2 amide bonds. The Labute approximate surface area is 165 Å². The molecule has 1 saturated heterocycles. The number of benzene rings is 1. The molecule has 0 aromatic heterocycles. The predicted octanol–water partition coefficient (Wildman–Crippen LogP) is 3.06. The van der Waals surface area contributed by atoms with Crippen LogP contribution >= 0.6 is 0 Å². The minimum Gasteiger partial charge on any atom is -0.454 e. The van der Waals surface area contributed by atoms with Gasteiger partial charge in [0.1, 0.15) is 5.60 Å². The van der Waals surface area contributed by atoms with Crippen LogP contribution in [0.2, 0.25) is 0 Å². The normalized spacial score (nSPS) is 16.8. The summed E-state index contributed by atoms with van der Waals surface area (Å²) in [5.74, 6) is 1.40. The third kappa shape index (κ3) is 5.28. The SMILES string of the molecule is CC(C)(C)OC(=O)N1CCN(C(=O)/C=C/C=C/c2ccc3c(c2)OCO3)CC1. The van der Waals surface area contributed by atoms with Crippen molar-refractivity contribution in [3.05, 3.63) is 42.0 Å². The molecule has 0 aliphatic carbocycles. The highest BCUT2D eigenvalue weighted by atomic mass is 16.7. The van der Waals surface area contributed by atoms with Crippen LogP contribution in [0.3, 0.4) is 0 Å². The maximum absolute atomic E-state index is 12.3. The third-order valence-corrected chi connectivity index (χ3v) is 4.28. The van der Waals surface area contributed by atoms with E-state index in [1.54, 1.807) is 15.9 Å². The van der Waals surface area contributed by atoms with Crippen molar-refractivity contribution in [3.8, 4) is 11.5 Å². The van der Waals surface area contributed by atoms with Crippen molar-refractivity contribution in [1.82, 2.24) is 9.80 Å². The van der Waals surface area contributed by atoms with Gasteiger partial charge >= 0.3 is 6.09 Å². The van der Waals surface area contributed by atoms with E-state index >= 15 is 0 Å². The third-order valence-electron chi connectivity index (χ3n) is 4.28. The van der Waals surface area contributed by atoms with Gasteiger partial charge in [0.25, 0.3) is 0 Å². The zero-order valence-corrected chi connectivity index (χ0v) is 16.5. The number of ether oxygens (including phenoxy) is 3. The second kappa shape index (κ2) is 8.37. The summed E-state index contributed by atoms with van der Waals surface area (Å²) < 4.78 is 16.0. The van der Waals surface area contributed by atoms with E-state index in [1.807, 2.05) is 51.1 Å². The Hall–Kier alpha value is -2.96. The topological polar surface area (TPSA) is 68.3 Å². The molecular weight excluding hydrogens is 360 g/mol. The molecular formula is C21H26N2O5. The van der Waals surface area contributed by atoms with Crippen molar-refractivity contribution in [3.63, 3.8) is 0 Å². The van der Waals surface area contributed by atoms with Crippen LogP contribution in [-0.4, -0.2) is 60.4 Å². The van der Waals surface area contributed by atoms with Crippen molar-refractivity contribution < 1.29 is 23.8 Å². The van der Waals surface area contributed by atoms with Gasteiger partial charge in [0.05, 0.1) is 0 Å². The van der Waals surface area contributed by atoms with E-state index in [0.717, 1.165) is 17.1 Å². The average Bonchev–Trinajstić information content (AvgIpc) is 3.11. The summed E-state index contributed by atoms with van der Waals surface area (Å²) in [6.07, 6.45) is 6.63. The number of hydrogen-bond donors (Lipinski definition) is 0. The van der Waals surface area contributed by atoms with Crippen LogP contribution in [0.1, 0.15) is 26.3 Å². The van der Waals surface area contributed by atoms with Crippen LogP contribution in [0.25, 0.3) is 6.08 Å². The molecule has 0 radical (unpaired) electrons. The van der Waals surface area contributed by atoms with Crippen molar-refractivity contribution >= 4 is 18.1 Å². The summed E-state index contributed by atoms with van der Waals surface area (Å²) in [7, 11) is 0. The highest BCUT2D eigenvalue weighted by Crippen LogP contribution is 2.32. The van der Waals surface area contributed by atoms with Crippen molar-refractivity contribution in [2.75, 3.05) is 33.0 Å². The number of fused-ring (bicyclic) bond motifs is 1. The summed E-state index contributed by atoms with van der Waals surface area (Å²) in [6, 6.07) is 5.68. The van der Waals surface area contributed by atoms with Crippen LogP contribution in [0.5, 0.6) is 11.5 Å². The monoisotopic (exact) mass is 386 g/mol. The Morgan fingerprint density at radius 1 is 1.00 bits per heavy atom. The van der Waals surface area contributed by atoms with E-state index in [9.17, 15) is 9.59 Å². The summed E-state index contributed by atoms with van der Waals surface area (Å²) in [5.41, 5.74) is 0.448. The van der Waals surface area contributed by atoms with Crippen LogP contribution in [0, 0.1) is 0 Å². The van der Waals surface area contributed by atoms with Crippen molar-refractivity contribution in [2.24, 2.45) is 0 Å². The van der Waals surface area contributed by atoms with Gasteiger partial charge in [-0.1, -0.05) is 24.3 Å². The minimum atomic E-state index is -0.517. The first-order valence-electron chi connectivity index (χ1n) is 9.33. The molecule has 3 rings (SSSR count). The molecule has 7 heteroatoms. The number of rotatable bonds is 3. The van der Waals surface area contributed by atoms with Gasteiger partial charge in [-0.3, -0.25) is 4.79 Å². The summed E-state index contributed by atoms with van der Waals surface area (Å²) in [5, 5.41) is 0. The molecule has 150 valence electrons. The lowest BCUT2D eigenvalue weighted by Gasteiger charge is -2.35. The Bertz CT molecular complexity index is 786. The molecule has 1 fully saturated rings. The van der Waals surface area contributed by atoms with Gasteiger partial charge in [0.15, 0.2) is 11.5 Å². The summed E-state index contributed by atoms with van der Waals surface area (Å²) >= 11 is 0. The van der Waals surface area contributed by atoms with E-state index < -0.39 is 5.60 Å². The molecule has 2 heterocycles. The molecule has 0 unspecified atom stereocenters. The van der Waals surface area contributed by atoms with Gasteiger partial charge in [0, 0.05) is 32.3 Å². The summed E-state index contributed by atoms with van der Waals surface area (Å²) in [4.78, 5) is 27.7. The molecule has 0 bridgehead atoms. The molecule has 7 nitrogen and oxygen atoms in total. The molecule has 0 saturated carbocycles. The zero-order chi connectivity index (χ0) is 20.1. The van der Waals surface area contributed by atoms with Crippen molar-refractivity contribution in [2.45, 2.75) is 26.4 Å². The fraction of sp³-hybridized carbons (Fsp3) is 0.429. The van der Waals surface area contributed by atoms with Crippen LogP contribution in [0.4, 0.5) is 4.79 Å². The fourth-order valence-corrected chi connectivity index (χ4v) is 2.86. The fourth-order valence-electron chi connectivity index (χ4n) is 2.86. The second-order valence-corrected chi connectivity index (χ2v) is 7.62. The first kappa shape index (κ1) is 19.8. The number of carbonyl (C=O) groups excluding carboxylic acids is 2. The molecule has 0 N–H and O–H groups in total. The van der Waals surface area contributed by atoms with Gasteiger partial charge < -0.3 is 24.0 Å². The molecule has 2 aliphatic rings. The number of hydrogen-bond acceptors (Lipinski definition) is 5. The lowest BCUT2D eigenvalue weighted by Crippen LogP contribution is -2.51. The van der Waals surface area contributed by atoms with E-state index in [0.29, 0.717) is 26.2 Å². The molecule has 1 aromatic rings. The van der Waals surface area contributed by atoms with E-state index in [4.69, 9.17) is 14.2 Å². The molecule has 28 heavy (non-hydrogen) atoms. The minimum absolute atomic E-state index is 0.0702. The average molecular weight is 386 g/mol. The molecule has 1 aromatic carbocycles. The van der Waals surface area contributed by atoms with Crippen LogP contribution in [-0.2, 0) is 9.53 Å². The molecule has 2 aliphatic heterocycles. The number of nitrogens with zero attached hydrogens (tertiary/aromatic N) is 2. The Morgan fingerprint density at radius 3 is 2.39 bits per heavy atom. The van der Waals surface area contributed by atoms with Gasteiger partial charge in [0.2, 0.25) is 12.7 Å². The number of amides is 2. The van der Waals surface area contributed by atoms with E-state index in [1.165, 1.54) is 6.08 Å². The van der Waals surface area contributed by atoms with Gasteiger partial charge in [-0.25, -0.2) is 4.79 Å². The van der Waals surface area contributed by atoms with Gasteiger partial charge in [-0.2, -0.15) is 0 Å². The zero-order valence-electron chi connectivity index (χ0n) is 16.5. The molecule has 0 spiro atoms. The maximum atomic E-state index is 12.3. The van der Waals surface area contributed by atoms with E-state index in [-0.39, 0.29) is 18.8 Å². The highest BCUT2D eigenvalue weighted by molar-refractivity contribution is 5.88. The second-order valence-electron chi connectivity index (χ2n) is 7.62. The Kier molecular flexibility index (Phi) is 5.92. The van der Waals surface area contributed by atoms with Gasteiger partial charge in [-0.15, -0.1) is 0 Å². The van der Waals surface area contributed by atoms with Crippen LogP contribution in [0.15, 0.2) is 36.4 Å². The lowest BCUT2D eigenvalue weighted by atomic mass is 10.2. The Morgan fingerprint density at radius 2 is 1.68 bits per heavy atom. The Balaban J connectivity index is 1.46. The smallest absolute Gasteiger partial charge is 0.410 e. The van der Waals surface area contributed by atoms with Crippen molar-refractivity contribution in [1.29, 1.82) is 0 Å². The maximum Gasteiger partial charge on any atom is 0.410 e. The largest absolute Gasteiger partial charge is 0.454 e. The quantitative estimate of drug-likeness (QED) is 0.590. The predicted molar refractivity (Wildman–Crippen MR) is 105 cm³/mol. The summed E-state index contributed by atoms with van der Waals surface area (Å²) in [6.45, 7) is 7.70.